The fourth-order valence-corrected chi connectivity index (χ4v) is 5.96. The van der Waals surface area contributed by atoms with Crippen molar-refractivity contribution in [2.75, 3.05) is 17.2 Å². The van der Waals surface area contributed by atoms with Crippen molar-refractivity contribution in [2.24, 2.45) is 12.5 Å². The van der Waals surface area contributed by atoms with E-state index in [-0.39, 0.29) is 18.3 Å². The largest absolute Gasteiger partial charge is 0.413 e. The Bertz CT molecular complexity index is 1980. The number of pyridine rings is 1. The average Bonchev–Trinajstić information content (AvgIpc) is 3.49. The van der Waals surface area contributed by atoms with E-state index in [1.807, 2.05) is 42.8 Å². The zero-order valence-electron chi connectivity index (χ0n) is 26.0. The Morgan fingerprint density at radius 1 is 1.15 bits per heavy atom. The van der Waals surface area contributed by atoms with E-state index in [1.165, 1.54) is 12.4 Å². The van der Waals surface area contributed by atoms with Gasteiger partial charge in [-0.15, -0.1) is 5.10 Å². The van der Waals surface area contributed by atoms with Crippen LogP contribution in [-0.2, 0) is 12.6 Å². The SMILES string of the molecule is Cc1c(-c2cncn2C)cccc1C(Nc1cc(Cl)c2ncc(C#N)c(NCC(C)(C)C)c2c1)c1cn(C2(C(F)(F)F)CC2)nn1. The molecule has 1 saturated carbocycles. The van der Waals surface area contributed by atoms with Crippen LogP contribution in [0.5, 0.6) is 0 Å². The molecule has 238 valence electrons. The third-order valence-corrected chi connectivity index (χ3v) is 8.72. The van der Waals surface area contributed by atoms with Gasteiger partial charge in [-0.05, 0) is 48.4 Å². The number of anilines is 2. The van der Waals surface area contributed by atoms with Gasteiger partial charge in [0.1, 0.15) is 11.8 Å². The molecular formula is C33H33ClF3N9. The van der Waals surface area contributed by atoms with E-state index in [0.717, 1.165) is 27.1 Å². The Morgan fingerprint density at radius 2 is 1.91 bits per heavy atom. The smallest absolute Gasteiger partial charge is 0.383 e. The van der Waals surface area contributed by atoms with Crippen LogP contribution in [0.3, 0.4) is 0 Å². The maximum absolute atomic E-state index is 14.0. The Balaban J connectivity index is 1.49. The summed E-state index contributed by atoms with van der Waals surface area (Å²) in [5.74, 6) is 0. The molecule has 1 unspecified atom stereocenters. The van der Waals surface area contributed by atoms with Gasteiger partial charge in [0.25, 0.3) is 0 Å². The third kappa shape index (κ3) is 5.64. The van der Waals surface area contributed by atoms with E-state index < -0.39 is 17.8 Å². The van der Waals surface area contributed by atoms with Crippen molar-refractivity contribution in [1.82, 2.24) is 29.5 Å². The van der Waals surface area contributed by atoms with Crippen LogP contribution < -0.4 is 10.6 Å². The van der Waals surface area contributed by atoms with Gasteiger partial charge in [-0.2, -0.15) is 18.4 Å². The van der Waals surface area contributed by atoms with Crippen molar-refractivity contribution in [2.45, 2.75) is 58.3 Å². The van der Waals surface area contributed by atoms with Crippen molar-refractivity contribution in [1.29, 1.82) is 5.26 Å². The molecule has 6 rings (SSSR count). The van der Waals surface area contributed by atoms with Crippen molar-refractivity contribution in [3.63, 3.8) is 0 Å². The highest BCUT2D eigenvalue weighted by Crippen LogP contribution is 2.55. The molecule has 46 heavy (non-hydrogen) atoms. The first kappa shape index (κ1) is 31.4. The number of halogens is 4. The summed E-state index contributed by atoms with van der Waals surface area (Å²) in [5.41, 5.74) is 3.71. The number of hydrogen-bond acceptors (Lipinski definition) is 7. The van der Waals surface area contributed by atoms with Gasteiger partial charge in [-0.3, -0.25) is 4.98 Å². The first-order valence-electron chi connectivity index (χ1n) is 14.8. The lowest BCUT2D eigenvalue weighted by Crippen LogP contribution is -2.35. The number of benzene rings is 2. The molecule has 13 heteroatoms. The second kappa shape index (κ2) is 11.3. The van der Waals surface area contributed by atoms with E-state index in [9.17, 15) is 18.4 Å². The summed E-state index contributed by atoms with van der Waals surface area (Å²) in [5, 5.41) is 26.0. The predicted molar refractivity (Wildman–Crippen MR) is 172 cm³/mol. The normalized spacial score (nSPS) is 15.0. The van der Waals surface area contributed by atoms with Crippen LogP contribution in [0.2, 0.25) is 5.02 Å². The molecule has 0 saturated heterocycles. The van der Waals surface area contributed by atoms with Crippen LogP contribution in [0.4, 0.5) is 24.5 Å². The van der Waals surface area contributed by atoms with Crippen LogP contribution in [-0.4, -0.2) is 42.2 Å². The molecule has 0 bridgehead atoms. The van der Waals surface area contributed by atoms with Gasteiger partial charge in [-0.1, -0.05) is 55.8 Å². The second-order valence-electron chi connectivity index (χ2n) is 13.0. The summed E-state index contributed by atoms with van der Waals surface area (Å²) in [6, 6.07) is 10.8. The molecule has 1 aliphatic carbocycles. The minimum atomic E-state index is -4.45. The molecule has 0 amide bonds. The fourth-order valence-electron chi connectivity index (χ4n) is 5.69. The summed E-state index contributed by atoms with van der Waals surface area (Å²) >= 11 is 6.78. The molecule has 5 aromatic rings. The molecule has 2 aromatic carbocycles. The summed E-state index contributed by atoms with van der Waals surface area (Å²) < 4.78 is 45.0. The molecule has 2 N–H and O–H groups in total. The van der Waals surface area contributed by atoms with E-state index in [2.05, 4.69) is 57.8 Å². The van der Waals surface area contributed by atoms with Gasteiger partial charge < -0.3 is 15.2 Å². The van der Waals surface area contributed by atoms with Gasteiger partial charge in [0.2, 0.25) is 0 Å². The number of imidazole rings is 1. The third-order valence-electron chi connectivity index (χ3n) is 8.43. The number of alkyl halides is 3. The second-order valence-corrected chi connectivity index (χ2v) is 13.4. The summed E-state index contributed by atoms with van der Waals surface area (Å²) in [6.07, 6.45) is 1.79. The van der Waals surface area contributed by atoms with Gasteiger partial charge in [0, 0.05) is 36.4 Å². The number of rotatable bonds is 8. The minimum absolute atomic E-state index is 0.0503. The van der Waals surface area contributed by atoms with Crippen molar-refractivity contribution >= 4 is 33.9 Å². The topological polar surface area (TPSA) is 109 Å². The highest BCUT2D eigenvalue weighted by atomic mass is 35.5. The summed E-state index contributed by atoms with van der Waals surface area (Å²) in [4.78, 5) is 8.71. The number of nitriles is 1. The van der Waals surface area contributed by atoms with E-state index >= 15 is 0 Å². The maximum atomic E-state index is 14.0. The summed E-state index contributed by atoms with van der Waals surface area (Å²) in [7, 11) is 1.90. The quantitative estimate of drug-likeness (QED) is 0.177. The Morgan fingerprint density at radius 3 is 2.54 bits per heavy atom. The number of hydrogen-bond donors (Lipinski definition) is 2. The zero-order chi connectivity index (χ0) is 33.0. The predicted octanol–water partition coefficient (Wildman–Crippen LogP) is 7.77. The van der Waals surface area contributed by atoms with Crippen molar-refractivity contribution < 1.29 is 13.2 Å². The van der Waals surface area contributed by atoms with Crippen LogP contribution in [0, 0.1) is 23.7 Å². The van der Waals surface area contributed by atoms with Crippen LogP contribution in [0.1, 0.15) is 62.0 Å². The first-order chi connectivity index (χ1) is 21.7. The Hall–Kier alpha value is -4.63. The number of aromatic nitrogens is 6. The number of fused-ring (bicyclic) bond motifs is 1. The molecule has 0 spiro atoms. The van der Waals surface area contributed by atoms with E-state index in [1.54, 1.807) is 18.6 Å². The molecule has 9 nitrogen and oxygen atoms in total. The lowest BCUT2D eigenvalue weighted by Gasteiger charge is -2.24. The van der Waals surface area contributed by atoms with Gasteiger partial charge >= 0.3 is 6.18 Å². The van der Waals surface area contributed by atoms with E-state index in [0.29, 0.717) is 45.1 Å². The van der Waals surface area contributed by atoms with E-state index in [4.69, 9.17) is 11.6 Å². The monoisotopic (exact) mass is 647 g/mol. The Labute approximate surface area is 269 Å². The average molecular weight is 648 g/mol. The minimum Gasteiger partial charge on any atom is -0.383 e. The molecule has 3 aromatic heterocycles. The maximum Gasteiger partial charge on any atom is 0.413 e. The van der Waals surface area contributed by atoms with Crippen molar-refractivity contribution in [3.8, 4) is 17.3 Å². The van der Waals surface area contributed by atoms with Crippen LogP contribution in [0.25, 0.3) is 22.2 Å². The fraction of sp³-hybridized carbons (Fsp3) is 0.364. The Kier molecular flexibility index (Phi) is 7.71. The van der Waals surface area contributed by atoms with Gasteiger partial charge in [0.15, 0.2) is 5.54 Å². The molecule has 0 aliphatic heterocycles. The highest BCUT2D eigenvalue weighted by Gasteiger charge is 2.66. The van der Waals surface area contributed by atoms with Crippen molar-refractivity contribution in [3.05, 3.63) is 82.7 Å². The highest BCUT2D eigenvalue weighted by molar-refractivity contribution is 6.35. The first-order valence-corrected chi connectivity index (χ1v) is 15.2. The molecule has 3 heterocycles. The van der Waals surface area contributed by atoms with Crippen LogP contribution >= 0.6 is 11.6 Å². The lowest BCUT2D eigenvalue weighted by atomic mass is 9.93. The zero-order valence-corrected chi connectivity index (χ0v) is 26.8. The molecular weight excluding hydrogens is 615 g/mol. The van der Waals surface area contributed by atoms with Gasteiger partial charge in [0.05, 0.1) is 52.2 Å². The lowest BCUT2D eigenvalue weighted by molar-refractivity contribution is -0.182. The standard InChI is InChI=1S/C33H33ClF3N9/c1-19-22(27-15-39-18-45(27)5)7-6-8-23(19)30(26-16-46(44-43-26)32(9-10-32)33(35,36)37)42-21-11-24-28(41-17-31(2,3)4)20(13-38)14-40-29(24)25(34)12-21/h6-8,11-12,14-16,18,30,42H,9-10,17H2,1-5H3,(H,40,41). The molecule has 1 atom stereocenters. The van der Waals surface area contributed by atoms with Gasteiger partial charge in [-0.25, -0.2) is 9.67 Å². The summed E-state index contributed by atoms with van der Waals surface area (Å²) in [6.45, 7) is 8.79. The number of nitrogens with zero attached hydrogens (tertiary/aromatic N) is 7. The molecule has 1 aliphatic rings. The molecule has 1 fully saturated rings. The van der Waals surface area contributed by atoms with Crippen LogP contribution in [0.15, 0.2) is 55.2 Å². The molecule has 0 radical (unpaired) electrons. The number of aryl methyl sites for hydroxylation is 1. The number of nitrogens with one attached hydrogen (secondary N) is 2.